The van der Waals surface area contributed by atoms with E-state index in [-0.39, 0.29) is 11.5 Å². The van der Waals surface area contributed by atoms with E-state index in [1.54, 1.807) is 0 Å². The normalized spacial score (nSPS) is 21.7. The van der Waals surface area contributed by atoms with Gasteiger partial charge in [-0.2, -0.15) is 5.26 Å². The molecular weight excluding hydrogens is 232 g/mol. The average molecular weight is 256 g/mol. The van der Waals surface area contributed by atoms with Crippen molar-refractivity contribution in [2.75, 3.05) is 11.4 Å². The van der Waals surface area contributed by atoms with Gasteiger partial charge in [0.2, 0.25) is 0 Å². The largest absolute Gasteiger partial charge is 0.365 e. The van der Waals surface area contributed by atoms with Crippen LogP contribution in [0.25, 0.3) is 0 Å². The van der Waals surface area contributed by atoms with E-state index in [9.17, 15) is 5.26 Å². The third-order valence-electron chi connectivity index (χ3n) is 4.22. The first kappa shape index (κ1) is 13.9. The molecule has 0 aliphatic carbocycles. The van der Waals surface area contributed by atoms with Crippen LogP contribution in [-0.4, -0.2) is 12.1 Å². The van der Waals surface area contributed by atoms with Gasteiger partial charge in [-0.3, -0.25) is 0 Å². The first-order valence-electron chi connectivity index (χ1n) is 7.13. The fraction of sp³-hybridized carbons (Fsp3) is 0.588. The molecule has 0 spiro atoms. The van der Waals surface area contributed by atoms with Gasteiger partial charge in [0.15, 0.2) is 0 Å². The highest BCUT2D eigenvalue weighted by molar-refractivity contribution is 5.63. The minimum absolute atomic E-state index is 0.0656. The van der Waals surface area contributed by atoms with Gasteiger partial charge >= 0.3 is 0 Å². The molecule has 1 atom stereocenters. The molecule has 2 nitrogen and oxygen atoms in total. The molecular formula is C17H24N2. The summed E-state index contributed by atoms with van der Waals surface area (Å²) in [4.78, 5) is 2.45. The number of benzene rings is 1. The van der Waals surface area contributed by atoms with E-state index in [1.807, 2.05) is 0 Å². The highest BCUT2D eigenvalue weighted by Crippen LogP contribution is 2.41. The van der Waals surface area contributed by atoms with Crippen molar-refractivity contribution in [1.29, 1.82) is 5.26 Å². The fourth-order valence-corrected chi connectivity index (χ4v) is 3.24. The molecule has 19 heavy (non-hydrogen) atoms. The maximum absolute atomic E-state index is 9.23. The summed E-state index contributed by atoms with van der Waals surface area (Å²) in [5.41, 5.74) is 4.13. The van der Waals surface area contributed by atoms with Gasteiger partial charge in [0.05, 0.1) is 12.0 Å². The summed E-state index contributed by atoms with van der Waals surface area (Å²) in [6.45, 7) is 12.0. The predicted molar refractivity (Wildman–Crippen MR) is 80.4 cm³/mol. The van der Waals surface area contributed by atoms with Crippen LogP contribution in [0.3, 0.4) is 0 Å². The van der Waals surface area contributed by atoms with Crippen molar-refractivity contribution in [2.24, 2.45) is 5.92 Å². The smallest absolute Gasteiger partial charge is 0.0675 e. The second-order valence-electron chi connectivity index (χ2n) is 6.62. The molecule has 102 valence electrons. The second-order valence-corrected chi connectivity index (χ2v) is 6.62. The number of hydrogen-bond donors (Lipinski definition) is 0. The molecule has 1 aliphatic heterocycles. The van der Waals surface area contributed by atoms with Crippen LogP contribution < -0.4 is 4.90 Å². The molecule has 1 saturated heterocycles. The molecule has 1 aliphatic rings. The molecule has 0 N–H and O–H groups in total. The molecule has 1 fully saturated rings. The van der Waals surface area contributed by atoms with Crippen molar-refractivity contribution in [2.45, 2.75) is 52.5 Å². The first-order valence-corrected chi connectivity index (χ1v) is 7.13. The SMILES string of the molecule is Cc1cccc(C(C)C)c1N1CC(C#N)CC1(C)C. The zero-order valence-electron chi connectivity index (χ0n) is 12.7. The molecule has 1 aromatic rings. The van der Waals surface area contributed by atoms with Gasteiger partial charge < -0.3 is 4.90 Å². The number of nitriles is 1. The minimum atomic E-state index is 0.0656. The van der Waals surface area contributed by atoms with Crippen LogP contribution in [0.1, 0.15) is 51.2 Å². The van der Waals surface area contributed by atoms with Crippen molar-refractivity contribution in [3.05, 3.63) is 29.3 Å². The monoisotopic (exact) mass is 256 g/mol. The maximum Gasteiger partial charge on any atom is 0.0675 e. The van der Waals surface area contributed by atoms with E-state index in [1.165, 1.54) is 16.8 Å². The van der Waals surface area contributed by atoms with E-state index in [4.69, 9.17) is 0 Å². The van der Waals surface area contributed by atoms with Crippen LogP contribution in [0, 0.1) is 24.2 Å². The Bertz CT molecular complexity index is 508. The Morgan fingerprint density at radius 2 is 2.05 bits per heavy atom. The number of aryl methyl sites for hydroxylation is 1. The van der Waals surface area contributed by atoms with E-state index in [0.29, 0.717) is 5.92 Å². The van der Waals surface area contributed by atoms with Crippen LogP contribution in [0.15, 0.2) is 18.2 Å². The van der Waals surface area contributed by atoms with Gasteiger partial charge in [-0.25, -0.2) is 0 Å². The highest BCUT2D eigenvalue weighted by Gasteiger charge is 2.39. The summed E-state index contributed by atoms with van der Waals surface area (Å²) in [5, 5.41) is 9.23. The molecule has 0 amide bonds. The van der Waals surface area contributed by atoms with Crippen molar-refractivity contribution in [3.63, 3.8) is 0 Å². The Kier molecular flexibility index (Phi) is 3.58. The summed E-state index contributed by atoms with van der Waals surface area (Å²) < 4.78 is 0. The standard InChI is InChI=1S/C17H24N2/c1-12(2)15-8-6-7-13(3)16(15)19-11-14(10-18)9-17(19,4)5/h6-8,12,14H,9,11H2,1-5H3. The number of anilines is 1. The van der Waals surface area contributed by atoms with Gasteiger partial charge in [0, 0.05) is 17.8 Å². The zero-order chi connectivity index (χ0) is 14.2. The summed E-state index contributed by atoms with van der Waals surface area (Å²) in [7, 11) is 0. The number of rotatable bonds is 2. The average Bonchev–Trinajstić information content (AvgIpc) is 2.64. The molecule has 2 rings (SSSR count). The Morgan fingerprint density at radius 3 is 2.58 bits per heavy atom. The summed E-state index contributed by atoms with van der Waals surface area (Å²) in [5.74, 6) is 0.654. The minimum Gasteiger partial charge on any atom is -0.365 e. The lowest BCUT2D eigenvalue weighted by Crippen LogP contribution is -2.39. The van der Waals surface area contributed by atoms with Gasteiger partial charge in [-0.05, 0) is 44.2 Å². The third-order valence-corrected chi connectivity index (χ3v) is 4.22. The number of nitrogens with zero attached hydrogens (tertiary/aromatic N) is 2. The van der Waals surface area contributed by atoms with Crippen LogP contribution in [0.4, 0.5) is 5.69 Å². The van der Waals surface area contributed by atoms with Crippen molar-refractivity contribution in [1.82, 2.24) is 0 Å². The lowest BCUT2D eigenvalue weighted by molar-refractivity contribution is 0.501. The molecule has 0 bridgehead atoms. The van der Waals surface area contributed by atoms with E-state index < -0.39 is 0 Å². The summed E-state index contributed by atoms with van der Waals surface area (Å²) in [6, 6.07) is 8.99. The van der Waals surface area contributed by atoms with Gasteiger partial charge in [-0.1, -0.05) is 32.0 Å². The Labute approximate surface area is 117 Å². The van der Waals surface area contributed by atoms with E-state index >= 15 is 0 Å². The van der Waals surface area contributed by atoms with E-state index in [2.05, 4.69) is 63.8 Å². The second kappa shape index (κ2) is 4.89. The Balaban J connectivity index is 2.50. The van der Waals surface area contributed by atoms with Gasteiger partial charge in [-0.15, -0.1) is 0 Å². The summed E-state index contributed by atoms with van der Waals surface area (Å²) in [6.07, 6.45) is 0.954. The zero-order valence-corrected chi connectivity index (χ0v) is 12.7. The third kappa shape index (κ3) is 2.47. The predicted octanol–water partition coefficient (Wildman–Crippen LogP) is 4.25. The van der Waals surface area contributed by atoms with Crippen molar-refractivity contribution >= 4 is 5.69 Å². The van der Waals surface area contributed by atoms with Crippen LogP contribution in [0.5, 0.6) is 0 Å². The molecule has 1 aromatic carbocycles. The number of para-hydroxylation sites is 1. The quantitative estimate of drug-likeness (QED) is 0.791. The summed E-state index contributed by atoms with van der Waals surface area (Å²) >= 11 is 0. The van der Waals surface area contributed by atoms with Crippen LogP contribution in [-0.2, 0) is 0 Å². The molecule has 1 unspecified atom stereocenters. The molecule has 1 heterocycles. The highest BCUT2D eigenvalue weighted by atomic mass is 15.2. The van der Waals surface area contributed by atoms with Gasteiger partial charge in [0.25, 0.3) is 0 Å². The Hall–Kier alpha value is -1.49. The Morgan fingerprint density at radius 1 is 1.37 bits per heavy atom. The van der Waals surface area contributed by atoms with Crippen LogP contribution in [0.2, 0.25) is 0 Å². The van der Waals surface area contributed by atoms with Gasteiger partial charge in [0.1, 0.15) is 0 Å². The maximum atomic E-state index is 9.23. The lowest BCUT2D eigenvalue weighted by atomic mass is 9.93. The number of hydrogen-bond acceptors (Lipinski definition) is 2. The topological polar surface area (TPSA) is 27.0 Å². The van der Waals surface area contributed by atoms with Crippen molar-refractivity contribution in [3.8, 4) is 6.07 Å². The fourth-order valence-electron chi connectivity index (χ4n) is 3.24. The van der Waals surface area contributed by atoms with E-state index in [0.717, 1.165) is 13.0 Å². The molecule has 0 aromatic heterocycles. The first-order chi connectivity index (χ1) is 8.86. The lowest BCUT2D eigenvalue weighted by Gasteiger charge is -2.36. The van der Waals surface area contributed by atoms with Crippen molar-refractivity contribution < 1.29 is 0 Å². The van der Waals surface area contributed by atoms with Crippen LogP contribution >= 0.6 is 0 Å². The molecule has 2 heteroatoms. The molecule has 0 radical (unpaired) electrons. The molecule has 0 saturated carbocycles.